The molecule has 0 spiro atoms. The van der Waals surface area contributed by atoms with Gasteiger partial charge in [0.15, 0.2) is 0 Å². The van der Waals surface area contributed by atoms with Crippen LogP contribution in [0.5, 0.6) is 0 Å². The summed E-state index contributed by atoms with van der Waals surface area (Å²) in [6, 6.07) is 23.0. The summed E-state index contributed by atoms with van der Waals surface area (Å²) in [5.74, 6) is -1.20. The first-order chi connectivity index (χ1) is 14.6. The molecule has 5 rings (SSSR count). The number of nitrogens with zero attached hydrogens (tertiary/aromatic N) is 2. The predicted molar refractivity (Wildman–Crippen MR) is 118 cm³/mol. The van der Waals surface area contributed by atoms with Crippen molar-refractivity contribution in [3.05, 3.63) is 88.5 Å². The van der Waals surface area contributed by atoms with E-state index in [-0.39, 0.29) is 5.57 Å². The van der Waals surface area contributed by atoms with E-state index >= 15 is 0 Å². The Bertz CT molecular complexity index is 1250. The Labute approximate surface area is 175 Å². The predicted octanol–water partition coefficient (Wildman–Crippen LogP) is 5.33. The molecule has 1 N–H and O–H groups in total. The van der Waals surface area contributed by atoms with Crippen LogP contribution in [0.15, 0.2) is 66.2 Å². The van der Waals surface area contributed by atoms with E-state index in [4.69, 9.17) is 10.4 Å². The molecule has 1 aliphatic heterocycles. The molecule has 0 unspecified atom stereocenters. The van der Waals surface area contributed by atoms with Crippen LogP contribution in [0.1, 0.15) is 28.7 Å². The first kappa shape index (κ1) is 18.2. The van der Waals surface area contributed by atoms with Crippen molar-refractivity contribution in [2.24, 2.45) is 0 Å². The molecular formula is C26H20N2O2. The highest BCUT2D eigenvalue weighted by Crippen LogP contribution is 2.41. The zero-order valence-electron chi connectivity index (χ0n) is 16.4. The summed E-state index contributed by atoms with van der Waals surface area (Å²) in [7, 11) is 0. The first-order valence-corrected chi connectivity index (χ1v) is 10.1. The lowest BCUT2D eigenvalue weighted by Gasteiger charge is -2.32. The molecule has 0 fully saturated rings. The summed E-state index contributed by atoms with van der Waals surface area (Å²) in [5, 5.41) is 18.1. The molecule has 30 heavy (non-hydrogen) atoms. The zero-order valence-corrected chi connectivity index (χ0v) is 16.4. The Kier molecular flexibility index (Phi) is 4.37. The average molecular weight is 392 g/mol. The smallest absolute Gasteiger partial charge is 0.346 e. The van der Waals surface area contributed by atoms with Gasteiger partial charge < -0.3 is 10.0 Å². The molecule has 3 aromatic carbocycles. The van der Waals surface area contributed by atoms with E-state index in [0.29, 0.717) is 0 Å². The maximum atomic E-state index is 11.1. The lowest BCUT2D eigenvalue weighted by molar-refractivity contribution is -0.132. The number of anilines is 2. The van der Waals surface area contributed by atoms with Crippen LogP contribution in [0.2, 0.25) is 0 Å². The minimum Gasteiger partial charge on any atom is -0.477 e. The summed E-state index contributed by atoms with van der Waals surface area (Å²) in [6.45, 7) is 0.951. The number of carboxylic acids is 1. The topological polar surface area (TPSA) is 64.3 Å². The maximum Gasteiger partial charge on any atom is 0.346 e. The minimum atomic E-state index is -1.20. The monoisotopic (exact) mass is 392 g/mol. The van der Waals surface area contributed by atoms with Gasteiger partial charge >= 0.3 is 5.97 Å². The normalized spacial score (nSPS) is 14.5. The van der Waals surface area contributed by atoms with Gasteiger partial charge in [-0.05, 0) is 83.0 Å². The molecular weight excluding hydrogens is 372 g/mol. The summed E-state index contributed by atoms with van der Waals surface area (Å²) in [4.78, 5) is 13.5. The number of aryl methyl sites for hydroxylation is 1. The van der Waals surface area contributed by atoms with E-state index < -0.39 is 5.97 Å². The van der Waals surface area contributed by atoms with Crippen molar-refractivity contribution in [2.75, 3.05) is 11.4 Å². The van der Waals surface area contributed by atoms with Gasteiger partial charge in [-0.3, -0.25) is 0 Å². The zero-order chi connectivity index (χ0) is 20.7. The van der Waals surface area contributed by atoms with Crippen molar-refractivity contribution < 1.29 is 9.90 Å². The minimum absolute atomic E-state index is 0.249. The van der Waals surface area contributed by atoms with Crippen LogP contribution in [-0.2, 0) is 17.6 Å². The largest absolute Gasteiger partial charge is 0.477 e. The maximum absolute atomic E-state index is 11.1. The van der Waals surface area contributed by atoms with E-state index in [2.05, 4.69) is 47.4 Å². The van der Waals surface area contributed by atoms with Gasteiger partial charge in [-0.2, -0.15) is 5.26 Å². The number of carbonyl (C=O) groups is 1. The third-order valence-electron chi connectivity index (χ3n) is 5.97. The Hall–Kier alpha value is -3.84. The molecule has 0 amide bonds. The number of benzene rings is 3. The number of hydrogen-bond donors (Lipinski definition) is 1. The quantitative estimate of drug-likeness (QED) is 0.378. The lowest BCUT2D eigenvalue weighted by Crippen LogP contribution is -2.24. The van der Waals surface area contributed by atoms with E-state index in [1.807, 2.05) is 18.2 Å². The highest BCUT2D eigenvalue weighted by molar-refractivity contribution is 5.96. The van der Waals surface area contributed by atoms with E-state index in [1.165, 1.54) is 39.6 Å². The molecule has 0 bridgehead atoms. The number of aliphatic carboxylic acids is 1. The summed E-state index contributed by atoms with van der Waals surface area (Å²) in [6.07, 6.45) is 4.38. The van der Waals surface area contributed by atoms with Crippen LogP contribution < -0.4 is 4.90 Å². The fraction of sp³-hybridized carbons (Fsp3) is 0.154. The van der Waals surface area contributed by atoms with Gasteiger partial charge in [-0.15, -0.1) is 0 Å². The molecule has 3 aromatic rings. The van der Waals surface area contributed by atoms with Gasteiger partial charge in [0.25, 0.3) is 0 Å². The number of fused-ring (bicyclic) bond motifs is 4. The van der Waals surface area contributed by atoms with E-state index in [0.717, 1.165) is 37.1 Å². The van der Waals surface area contributed by atoms with Crippen LogP contribution >= 0.6 is 0 Å². The van der Waals surface area contributed by atoms with Gasteiger partial charge in [-0.25, -0.2) is 4.79 Å². The van der Waals surface area contributed by atoms with Crippen molar-refractivity contribution in [1.82, 2.24) is 0 Å². The molecule has 146 valence electrons. The number of nitriles is 1. The second-order valence-electron chi connectivity index (χ2n) is 7.79. The van der Waals surface area contributed by atoms with Crippen molar-refractivity contribution in [3.63, 3.8) is 0 Å². The molecule has 0 radical (unpaired) electrons. The van der Waals surface area contributed by atoms with E-state index in [1.54, 1.807) is 6.07 Å². The number of carboxylic acid groups (broad SMARTS) is 1. The third kappa shape index (κ3) is 3.05. The van der Waals surface area contributed by atoms with Crippen LogP contribution in [0.4, 0.5) is 11.4 Å². The number of hydrogen-bond acceptors (Lipinski definition) is 3. The summed E-state index contributed by atoms with van der Waals surface area (Å²) in [5.41, 5.74) is 9.43. The summed E-state index contributed by atoms with van der Waals surface area (Å²) < 4.78 is 0. The Morgan fingerprint density at radius 2 is 1.83 bits per heavy atom. The molecule has 4 heteroatoms. The standard InChI is InChI=1S/C26H20N2O2/c27-16-21(26(29)30)13-17-7-10-25-19(12-17)5-3-11-28(25)22-8-9-24-20(15-22)14-18-4-1-2-6-23(18)24/h1-2,4,6-10,12-13,15H,3,5,11,14H2,(H,29,30)/b21-13+. The Morgan fingerprint density at radius 3 is 2.67 bits per heavy atom. The second kappa shape index (κ2) is 7.20. The molecule has 1 aliphatic carbocycles. The molecule has 0 atom stereocenters. The summed E-state index contributed by atoms with van der Waals surface area (Å²) >= 11 is 0. The van der Waals surface area contributed by atoms with Crippen molar-refractivity contribution in [3.8, 4) is 17.2 Å². The Morgan fingerprint density at radius 1 is 1.00 bits per heavy atom. The average Bonchev–Trinajstić information content (AvgIpc) is 3.14. The van der Waals surface area contributed by atoms with Gasteiger partial charge in [-0.1, -0.05) is 36.4 Å². The van der Waals surface area contributed by atoms with Crippen LogP contribution in [0.25, 0.3) is 17.2 Å². The van der Waals surface area contributed by atoms with Crippen LogP contribution in [0.3, 0.4) is 0 Å². The third-order valence-corrected chi connectivity index (χ3v) is 5.97. The van der Waals surface area contributed by atoms with Gasteiger partial charge in [0.05, 0.1) is 0 Å². The molecule has 0 saturated heterocycles. The van der Waals surface area contributed by atoms with Gasteiger partial charge in [0.1, 0.15) is 11.6 Å². The van der Waals surface area contributed by atoms with Gasteiger partial charge in [0, 0.05) is 17.9 Å². The SMILES string of the molecule is N#C/C(=C\c1ccc2c(c1)CCCN2c1ccc2c(c1)Cc1ccccc1-2)C(=O)O. The van der Waals surface area contributed by atoms with Crippen molar-refractivity contribution >= 4 is 23.4 Å². The molecule has 0 saturated carbocycles. The van der Waals surface area contributed by atoms with Crippen molar-refractivity contribution in [2.45, 2.75) is 19.3 Å². The van der Waals surface area contributed by atoms with Crippen molar-refractivity contribution in [1.29, 1.82) is 5.26 Å². The fourth-order valence-electron chi connectivity index (χ4n) is 4.58. The first-order valence-electron chi connectivity index (χ1n) is 10.1. The molecule has 1 heterocycles. The molecule has 4 nitrogen and oxygen atoms in total. The fourth-order valence-corrected chi connectivity index (χ4v) is 4.58. The highest BCUT2D eigenvalue weighted by atomic mass is 16.4. The van der Waals surface area contributed by atoms with E-state index in [9.17, 15) is 4.79 Å². The van der Waals surface area contributed by atoms with Gasteiger partial charge in [0.2, 0.25) is 0 Å². The Balaban J connectivity index is 1.50. The molecule has 0 aromatic heterocycles. The highest BCUT2D eigenvalue weighted by Gasteiger charge is 2.22. The van der Waals surface area contributed by atoms with Crippen LogP contribution in [-0.4, -0.2) is 17.6 Å². The number of rotatable bonds is 3. The molecule has 2 aliphatic rings. The van der Waals surface area contributed by atoms with Crippen LogP contribution in [0, 0.1) is 11.3 Å². The second-order valence-corrected chi connectivity index (χ2v) is 7.79. The lowest BCUT2D eigenvalue weighted by atomic mass is 9.97.